The summed E-state index contributed by atoms with van der Waals surface area (Å²) in [5, 5.41) is 16.3. The van der Waals surface area contributed by atoms with Gasteiger partial charge in [-0.1, -0.05) is 12.1 Å². The van der Waals surface area contributed by atoms with Gasteiger partial charge in [-0.25, -0.2) is 0 Å². The Morgan fingerprint density at radius 2 is 2.20 bits per heavy atom. The SMILES string of the molecule is CC(N)c1cc(-c2cccc(O)c2)n[nH]1. The average molecular weight is 203 g/mol. The lowest BCUT2D eigenvalue weighted by Crippen LogP contribution is -2.04. The van der Waals surface area contributed by atoms with E-state index in [0.29, 0.717) is 0 Å². The van der Waals surface area contributed by atoms with Crippen molar-refractivity contribution in [3.8, 4) is 17.0 Å². The van der Waals surface area contributed by atoms with Gasteiger partial charge in [0.25, 0.3) is 0 Å². The minimum Gasteiger partial charge on any atom is -0.508 e. The number of aromatic nitrogens is 2. The van der Waals surface area contributed by atoms with Crippen LogP contribution in [0.1, 0.15) is 18.7 Å². The van der Waals surface area contributed by atoms with Crippen molar-refractivity contribution in [2.45, 2.75) is 13.0 Å². The van der Waals surface area contributed by atoms with E-state index in [1.54, 1.807) is 18.2 Å². The third-order valence-corrected chi connectivity index (χ3v) is 2.23. The van der Waals surface area contributed by atoms with E-state index in [2.05, 4.69) is 10.2 Å². The summed E-state index contributed by atoms with van der Waals surface area (Å²) in [5.74, 6) is 0.234. The predicted octanol–water partition coefficient (Wildman–Crippen LogP) is 1.80. The van der Waals surface area contributed by atoms with Crippen molar-refractivity contribution in [1.29, 1.82) is 0 Å². The fourth-order valence-electron chi connectivity index (χ4n) is 1.38. The number of phenolic OH excluding ortho intramolecular Hbond substituents is 1. The first-order valence-electron chi connectivity index (χ1n) is 4.77. The average Bonchev–Trinajstić information content (AvgIpc) is 2.66. The van der Waals surface area contributed by atoms with Crippen LogP contribution in [0.2, 0.25) is 0 Å². The lowest BCUT2D eigenvalue weighted by molar-refractivity contribution is 0.475. The van der Waals surface area contributed by atoms with Crippen molar-refractivity contribution in [2.75, 3.05) is 0 Å². The first-order valence-corrected chi connectivity index (χ1v) is 4.77. The highest BCUT2D eigenvalue weighted by Gasteiger charge is 2.06. The van der Waals surface area contributed by atoms with Crippen molar-refractivity contribution in [3.05, 3.63) is 36.0 Å². The molecular weight excluding hydrogens is 190 g/mol. The van der Waals surface area contributed by atoms with Gasteiger partial charge in [-0.05, 0) is 25.1 Å². The number of aromatic amines is 1. The van der Waals surface area contributed by atoms with Crippen molar-refractivity contribution in [1.82, 2.24) is 10.2 Å². The monoisotopic (exact) mass is 203 g/mol. The molecule has 1 atom stereocenters. The number of nitrogens with one attached hydrogen (secondary N) is 1. The topological polar surface area (TPSA) is 74.9 Å². The lowest BCUT2D eigenvalue weighted by atomic mass is 10.1. The zero-order valence-corrected chi connectivity index (χ0v) is 8.44. The Bertz CT molecular complexity index is 462. The predicted molar refractivity (Wildman–Crippen MR) is 58.3 cm³/mol. The highest BCUT2D eigenvalue weighted by atomic mass is 16.3. The molecule has 1 heterocycles. The largest absolute Gasteiger partial charge is 0.508 e. The van der Waals surface area contributed by atoms with E-state index in [1.807, 2.05) is 19.1 Å². The highest BCUT2D eigenvalue weighted by molar-refractivity contribution is 5.61. The molecule has 1 aromatic heterocycles. The van der Waals surface area contributed by atoms with Gasteiger partial charge in [0.05, 0.1) is 11.4 Å². The summed E-state index contributed by atoms with van der Waals surface area (Å²) in [6, 6.07) is 8.79. The van der Waals surface area contributed by atoms with Crippen molar-refractivity contribution in [2.24, 2.45) is 5.73 Å². The first kappa shape index (κ1) is 9.73. The van der Waals surface area contributed by atoms with Crippen LogP contribution in [0.5, 0.6) is 5.75 Å². The van der Waals surface area contributed by atoms with Gasteiger partial charge in [0, 0.05) is 11.6 Å². The maximum atomic E-state index is 9.33. The highest BCUT2D eigenvalue weighted by Crippen LogP contribution is 2.22. The number of hydrogen-bond donors (Lipinski definition) is 3. The molecule has 2 rings (SSSR count). The summed E-state index contributed by atoms with van der Waals surface area (Å²) in [6.07, 6.45) is 0. The van der Waals surface area contributed by atoms with Crippen molar-refractivity contribution < 1.29 is 5.11 Å². The molecule has 0 bridgehead atoms. The normalized spacial score (nSPS) is 12.7. The Hall–Kier alpha value is -1.81. The van der Waals surface area contributed by atoms with Crippen LogP contribution in [0, 0.1) is 0 Å². The standard InChI is InChI=1S/C11H13N3O/c1-7(12)10-6-11(14-13-10)8-3-2-4-9(15)5-8/h2-7,15H,12H2,1H3,(H,13,14). The number of nitrogens with zero attached hydrogens (tertiary/aromatic N) is 1. The summed E-state index contributed by atoms with van der Waals surface area (Å²) >= 11 is 0. The molecule has 4 N–H and O–H groups in total. The zero-order valence-electron chi connectivity index (χ0n) is 8.44. The zero-order chi connectivity index (χ0) is 10.8. The number of hydrogen-bond acceptors (Lipinski definition) is 3. The van der Waals surface area contributed by atoms with Crippen LogP contribution in [-0.4, -0.2) is 15.3 Å². The Morgan fingerprint density at radius 1 is 1.40 bits per heavy atom. The molecular formula is C11H13N3O. The molecule has 4 nitrogen and oxygen atoms in total. The van der Waals surface area contributed by atoms with Crippen molar-refractivity contribution in [3.63, 3.8) is 0 Å². The first-order chi connectivity index (χ1) is 7.16. The molecule has 0 aliphatic carbocycles. The van der Waals surface area contributed by atoms with Gasteiger partial charge in [0.2, 0.25) is 0 Å². The molecule has 2 aromatic rings. The number of aromatic hydroxyl groups is 1. The van der Waals surface area contributed by atoms with Crippen molar-refractivity contribution >= 4 is 0 Å². The van der Waals surface area contributed by atoms with E-state index in [0.717, 1.165) is 17.0 Å². The van der Waals surface area contributed by atoms with Crippen LogP contribution in [0.15, 0.2) is 30.3 Å². The fourth-order valence-corrected chi connectivity index (χ4v) is 1.38. The molecule has 1 unspecified atom stereocenters. The molecule has 0 saturated carbocycles. The van der Waals surface area contributed by atoms with Crippen LogP contribution >= 0.6 is 0 Å². The quantitative estimate of drug-likeness (QED) is 0.696. The third-order valence-electron chi connectivity index (χ3n) is 2.23. The lowest BCUT2D eigenvalue weighted by Gasteiger charge is -1.98. The van der Waals surface area contributed by atoms with E-state index in [9.17, 15) is 5.11 Å². The molecule has 15 heavy (non-hydrogen) atoms. The maximum Gasteiger partial charge on any atom is 0.116 e. The van der Waals surface area contributed by atoms with E-state index < -0.39 is 0 Å². The Kier molecular flexibility index (Phi) is 2.43. The van der Waals surface area contributed by atoms with Gasteiger partial charge in [0.1, 0.15) is 5.75 Å². The minimum absolute atomic E-state index is 0.0661. The molecule has 0 amide bonds. The molecule has 1 aromatic carbocycles. The van der Waals surface area contributed by atoms with Gasteiger partial charge in [-0.15, -0.1) is 0 Å². The number of benzene rings is 1. The second-order valence-electron chi connectivity index (χ2n) is 3.55. The molecule has 0 aliphatic rings. The van der Waals surface area contributed by atoms with Gasteiger partial charge < -0.3 is 10.8 Å². The van der Waals surface area contributed by atoms with E-state index in [1.165, 1.54) is 0 Å². The minimum atomic E-state index is -0.0661. The molecule has 78 valence electrons. The number of nitrogens with two attached hydrogens (primary N) is 1. The Morgan fingerprint density at radius 3 is 2.80 bits per heavy atom. The third kappa shape index (κ3) is 1.99. The summed E-state index contributed by atoms with van der Waals surface area (Å²) in [6.45, 7) is 1.89. The molecule has 4 heteroatoms. The van der Waals surface area contributed by atoms with Gasteiger partial charge in [-0.3, -0.25) is 5.10 Å². The molecule has 0 spiro atoms. The van der Waals surface area contributed by atoms with Crippen LogP contribution < -0.4 is 5.73 Å². The summed E-state index contributed by atoms with van der Waals surface area (Å²) < 4.78 is 0. The van der Waals surface area contributed by atoms with Crippen LogP contribution in [0.4, 0.5) is 0 Å². The molecule has 0 aliphatic heterocycles. The summed E-state index contributed by atoms with van der Waals surface area (Å²) in [7, 11) is 0. The smallest absolute Gasteiger partial charge is 0.116 e. The number of rotatable bonds is 2. The Balaban J connectivity index is 2.37. The number of H-pyrrole nitrogens is 1. The van der Waals surface area contributed by atoms with Gasteiger partial charge in [-0.2, -0.15) is 5.10 Å². The molecule has 0 saturated heterocycles. The Labute approximate surface area is 87.7 Å². The number of phenols is 1. The van der Waals surface area contributed by atoms with Crippen LogP contribution in [0.25, 0.3) is 11.3 Å². The summed E-state index contributed by atoms with van der Waals surface area (Å²) in [5.41, 5.74) is 8.26. The van der Waals surface area contributed by atoms with Gasteiger partial charge in [0.15, 0.2) is 0 Å². The van der Waals surface area contributed by atoms with Crippen LogP contribution in [-0.2, 0) is 0 Å². The molecule has 0 fully saturated rings. The van der Waals surface area contributed by atoms with Gasteiger partial charge >= 0.3 is 0 Å². The maximum absolute atomic E-state index is 9.33. The fraction of sp³-hybridized carbons (Fsp3) is 0.182. The second kappa shape index (κ2) is 3.74. The van der Waals surface area contributed by atoms with E-state index in [4.69, 9.17) is 5.73 Å². The van der Waals surface area contributed by atoms with E-state index in [-0.39, 0.29) is 11.8 Å². The molecule has 0 radical (unpaired) electrons. The second-order valence-corrected chi connectivity index (χ2v) is 3.55. The van der Waals surface area contributed by atoms with Crippen LogP contribution in [0.3, 0.4) is 0 Å². The van der Waals surface area contributed by atoms with E-state index >= 15 is 0 Å². The summed E-state index contributed by atoms with van der Waals surface area (Å²) in [4.78, 5) is 0.